The second kappa shape index (κ2) is 3.37. The molecule has 0 saturated heterocycles. The highest BCUT2D eigenvalue weighted by Crippen LogP contribution is 2.41. The summed E-state index contributed by atoms with van der Waals surface area (Å²) in [5.74, 6) is 0. The Morgan fingerprint density at radius 1 is 1.08 bits per heavy atom. The van der Waals surface area contributed by atoms with Gasteiger partial charge in [-0.1, -0.05) is 27.2 Å². The van der Waals surface area contributed by atoms with Crippen LogP contribution in [0.3, 0.4) is 0 Å². The molecule has 1 aliphatic carbocycles. The average molecular weight is 170 g/mol. The minimum absolute atomic E-state index is 0.315. The van der Waals surface area contributed by atoms with E-state index in [1.165, 1.54) is 12.8 Å². The van der Waals surface area contributed by atoms with Gasteiger partial charge >= 0.3 is 0 Å². The van der Waals surface area contributed by atoms with Crippen molar-refractivity contribution in [1.82, 2.24) is 0 Å². The Morgan fingerprint density at radius 3 is 2.00 bits per heavy atom. The predicted octanol–water partition coefficient (Wildman–Crippen LogP) is 3.12. The van der Waals surface area contributed by atoms with Crippen molar-refractivity contribution in [2.24, 2.45) is 5.41 Å². The molecule has 0 aromatic heterocycles. The zero-order valence-corrected chi connectivity index (χ0v) is 8.69. The molecule has 1 heteroatoms. The first-order valence-corrected chi connectivity index (χ1v) is 5.20. The molecule has 0 spiro atoms. The first-order chi connectivity index (χ1) is 5.47. The van der Waals surface area contributed by atoms with Gasteiger partial charge in [-0.15, -0.1) is 0 Å². The lowest BCUT2D eigenvalue weighted by atomic mass is 9.70. The molecule has 1 nitrogen and oxygen atoms in total. The Bertz CT molecular complexity index is 139. The van der Waals surface area contributed by atoms with E-state index in [-0.39, 0.29) is 5.60 Å². The van der Waals surface area contributed by atoms with E-state index >= 15 is 0 Å². The molecule has 0 aliphatic heterocycles. The van der Waals surface area contributed by atoms with Gasteiger partial charge in [0.25, 0.3) is 0 Å². The zero-order chi connectivity index (χ0) is 9.24. The molecular formula is C11H22O. The predicted molar refractivity (Wildman–Crippen MR) is 52.1 cm³/mol. The van der Waals surface area contributed by atoms with Gasteiger partial charge in [0.1, 0.15) is 0 Å². The minimum atomic E-state index is -0.315. The topological polar surface area (TPSA) is 20.2 Å². The number of rotatable bonds is 2. The Balaban J connectivity index is 2.44. The van der Waals surface area contributed by atoms with E-state index in [2.05, 4.69) is 20.8 Å². The van der Waals surface area contributed by atoms with Crippen molar-refractivity contribution in [1.29, 1.82) is 0 Å². The lowest BCUT2D eigenvalue weighted by Gasteiger charge is -2.40. The van der Waals surface area contributed by atoms with E-state index in [0.29, 0.717) is 5.41 Å². The van der Waals surface area contributed by atoms with Crippen LogP contribution < -0.4 is 0 Å². The third-order valence-electron chi connectivity index (χ3n) is 3.25. The van der Waals surface area contributed by atoms with Crippen LogP contribution in [0.5, 0.6) is 0 Å². The van der Waals surface area contributed by atoms with Crippen LogP contribution >= 0.6 is 0 Å². The molecule has 0 amide bonds. The van der Waals surface area contributed by atoms with Crippen LogP contribution in [-0.4, -0.2) is 10.7 Å². The summed E-state index contributed by atoms with van der Waals surface area (Å²) in [6.45, 7) is 6.76. The van der Waals surface area contributed by atoms with Crippen molar-refractivity contribution in [3.63, 3.8) is 0 Å². The Morgan fingerprint density at radius 2 is 1.58 bits per heavy atom. The summed E-state index contributed by atoms with van der Waals surface area (Å²) in [7, 11) is 0. The minimum Gasteiger partial charge on any atom is -0.390 e. The van der Waals surface area contributed by atoms with E-state index in [9.17, 15) is 5.11 Å². The van der Waals surface area contributed by atoms with E-state index in [0.717, 1.165) is 25.7 Å². The van der Waals surface area contributed by atoms with E-state index < -0.39 is 0 Å². The second-order valence-corrected chi connectivity index (χ2v) is 5.14. The van der Waals surface area contributed by atoms with E-state index in [4.69, 9.17) is 0 Å². The first kappa shape index (κ1) is 10.0. The highest BCUT2D eigenvalue weighted by Gasteiger charge is 2.35. The SMILES string of the molecule is CCCC1(O)CCC(C)(C)CC1. The molecule has 0 heterocycles. The smallest absolute Gasteiger partial charge is 0.0648 e. The van der Waals surface area contributed by atoms with Gasteiger partial charge in [0.2, 0.25) is 0 Å². The number of hydrogen-bond acceptors (Lipinski definition) is 1. The summed E-state index contributed by atoms with van der Waals surface area (Å²) in [5.41, 5.74) is 0.157. The standard InChI is InChI=1S/C11H22O/c1-4-5-11(12)8-6-10(2,3)7-9-11/h12H,4-9H2,1-3H3. The van der Waals surface area contributed by atoms with Crippen molar-refractivity contribution in [3.8, 4) is 0 Å². The molecular weight excluding hydrogens is 148 g/mol. The maximum atomic E-state index is 10.1. The van der Waals surface area contributed by atoms with Crippen LogP contribution in [-0.2, 0) is 0 Å². The lowest BCUT2D eigenvalue weighted by molar-refractivity contribution is -0.0325. The van der Waals surface area contributed by atoms with Crippen molar-refractivity contribution in [2.45, 2.75) is 64.9 Å². The first-order valence-electron chi connectivity index (χ1n) is 5.20. The normalized spacial score (nSPS) is 27.0. The monoisotopic (exact) mass is 170 g/mol. The van der Waals surface area contributed by atoms with Gasteiger partial charge in [-0.3, -0.25) is 0 Å². The molecule has 1 aliphatic rings. The summed E-state index contributed by atoms with van der Waals surface area (Å²) in [4.78, 5) is 0. The van der Waals surface area contributed by atoms with Crippen LogP contribution in [0.15, 0.2) is 0 Å². The Labute approximate surface area is 76.2 Å². The average Bonchev–Trinajstić information content (AvgIpc) is 1.98. The molecule has 72 valence electrons. The van der Waals surface area contributed by atoms with Crippen molar-refractivity contribution >= 4 is 0 Å². The highest BCUT2D eigenvalue weighted by atomic mass is 16.3. The van der Waals surface area contributed by atoms with Crippen LogP contribution in [0.1, 0.15) is 59.3 Å². The quantitative estimate of drug-likeness (QED) is 0.675. The van der Waals surface area contributed by atoms with Gasteiger partial charge in [0.05, 0.1) is 5.60 Å². The maximum absolute atomic E-state index is 10.1. The molecule has 0 radical (unpaired) electrons. The van der Waals surface area contributed by atoms with Crippen molar-refractivity contribution in [2.75, 3.05) is 0 Å². The molecule has 1 N–H and O–H groups in total. The van der Waals surface area contributed by atoms with Gasteiger partial charge < -0.3 is 5.11 Å². The molecule has 0 bridgehead atoms. The van der Waals surface area contributed by atoms with Gasteiger partial charge in [0, 0.05) is 0 Å². The Kier molecular flexibility index (Phi) is 2.82. The molecule has 0 atom stereocenters. The fourth-order valence-electron chi connectivity index (χ4n) is 2.11. The molecule has 1 fully saturated rings. The third kappa shape index (κ3) is 2.48. The summed E-state index contributed by atoms with van der Waals surface area (Å²) < 4.78 is 0. The zero-order valence-electron chi connectivity index (χ0n) is 8.69. The molecule has 0 aromatic carbocycles. The number of hydrogen-bond donors (Lipinski definition) is 1. The van der Waals surface area contributed by atoms with Crippen LogP contribution in [0, 0.1) is 5.41 Å². The fraction of sp³-hybridized carbons (Fsp3) is 1.00. The van der Waals surface area contributed by atoms with Gasteiger partial charge in [-0.25, -0.2) is 0 Å². The Hall–Kier alpha value is -0.0400. The van der Waals surface area contributed by atoms with Crippen LogP contribution in [0.25, 0.3) is 0 Å². The van der Waals surface area contributed by atoms with Gasteiger partial charge in [-0.2, -0.15) is 0 Å². The second-order valence-electron chi connectivity index (χ2n) is 5.14. The van der Waals surface area contributed by atoms with E-state index in [1.54, 1.807) is 0 Å². The van der Waals surface area contributed by atoms with Crippen LogP contribution in [0.4, 0.5) is 0 Å². The highest BCUT2D eigenvalue weighted by molar-refractivity contribution is 4.88. The molecule has 12 heavy (non-hydrogen) atoms. The molecule has 0 aromatic rings. The summed E-state index contributed by atoms with van der Waals surface area (Å²) in [5, 5.41) is 10.1. The third-order valence-corrected chi connectivity index (χ3v) is 3.25. The van der Waals surface area contributed by atoms with E-state index in [1.807, 2.05) is 0 Å². The van der Waals surface area contributed by atoms with Crippen molar-refractivity contribution < 1.29 is 5.11 Å². The van der Waals surface area contributed by atoms with Gasteiger partial charge in [-0.05, 0) is 37.5 Å². The molecule has 1 rings (SSSR count). The molecule has 0 unspecified atom stereocenters. The van der Waals surface area contributed by atoms with Crippen molar-refractivity contribution in [3.05, 3.63) is 0 Å². The largest absolute Gasteiger partial charge is 0.390 e. The van der Waals surface area contributed by atoms with Gasteiger partial charge in [0.15, 0.2) is 0 Å². The molecule has 1 saturated carbocycles. The summed E-state index contributed by atoms with van der Waals surface area (Å²) in [6, 6.07) is 0. The lowest BCUT2D eigenvalue weighted by Crippen LogP contribution is -2.36. The fourth-order valence-corrected chi connectivity index (χ4v) is 2.11. The summed E-state index contributed by atoms with van der Waals surface area (Å²) in [6.07, 6.45) is 6.48. The van der Waals surface area contributed by atoms with Crippen LogP contribution in [0.2, 0.25) is 0 Å². The maximum Gasteiger partial charge on any atom is 0.0648 e. The summed E-state index contributed by atoms with van der Waals surface area (Å²) >= 11 is 0. The number of aliphatic hydroxyl groups is 1.